The SMILES string of the molecule is O=C(N[C@H]1CO[C@H]2[C@H]1OC[C@H]2Nc1nccc(-c2ccc3c(c2)OCO3)n1)C1CC1. The highest BCUT2D eigenvalue weighted by molar-refractivity contribution is 5.81. The fourth-order valence-corrected chi connectivity index (χ4v) is 4.20. The summed E-state index contributed by atoms with van der Waals surface area (Å²) >= 11 is 0. The van der Waals surface area contributed by atoms with Crippen LogP contribution in [0.15, 0.2) is 30.5 Å². The Bertz CT molecular complexity index is 982. The molecule has 9 heteroatoms. The first kappa shape index (κ1) is 17.9. The summed E-state index contributed by atoms with van der Waals surface area (Å²) in [5, 5.41) is 6.42. The van der Waals surface area contributed by atoms with E-state index >= 15 is 0 Å². The molecule has 1 saturated carbocycles. The first-order valence-corrected chi connectivity index (χ1v) is 10.3. The van der Waals surface area contributed by atoms with Crippen molar-refractivity contribution in [2.45, 2.75) is 37.1 Å². The first-order valence-electron chi connectivity index (χ1n) is 10.3. The van der Waals surface area contributed by atoms with Crippen molar-refractivity contribution in [3.8, 4) is 22.8 Å². The molecule has 2 saturated heterocycles. The van der Waals surface area contributed by atoms with E-state index in [2.05, 4.69) is 20.6 Å². The van der Waals surface area contributed by atoms with Gasteiger partial charge in [-0.3, -0.25) is 4.79 Å². The van der Waals surface area contributed by atoms with Crippen molar-refractivity contribution in [1.82, 2.24) is 15.3 Å². The van der Waals surface area contributed by atoms with Crippen molar-refractivity contribution >= 4 is 11.9 Å². The number of anilines is 1. The van der Waals surface area contributed by atoms with Gasteiger partial charge in [-0.15, -0.1) is 0 Å². The van der Waals surface area contributed by atoms with Crippen molar-refractivity contribution in [3.63, 3.8) is 0 Å². The lowest BCUT2D eigenvalue weighted by atomic mass is 10.1. The average molecular weight is 410 g/mol. The highest BCUT2D eigenvalue weighted by Crippen LogP contribution is 2.36. The van der Waals surface area contributed by atoms with Crippen LogP contribution in [0, 0.1) is 5.92 Å². The predicted molar refractivity (Wildman–Crippen MR) is 105 cm³/mol. The molecule has 1 aromatic heterocycles. The monoisotopic (exact) mass is 410 g/mol. The lowest BCUT2D eigenvalue weighted by molar-refractivity contribution is -0.123. The van der Waals surface area contributed by atoms with E-state index in [0.717, 1.165) is 29.8 Å². The van der Waals surface area contributed by atoms with Crippen molar-refractivity contribution in [3.05, 3.63) is 30.5 Å². The Kier molecular flexibility index (Phi) is 4.24. The van der Waals surface area contributed by atoms with Gasteiger partial charge in [-0.1, -0.05) is 0 Å². The van der Waals surface area contributed by atoms with Gasteiger partial charge in [0.2, 0.25) is 18.6 Å². The van der Waals surface area contributed by atoms with E-state index < -0.39 is 0 Å². The van der Waals surface area contributed by atoms with Crippen LogP contribution in [0.3, 0.4) is 0 Å². The van der Waals surface area contributed by atoms with Crippen LogP contribution in [0.1, 0.15) is 12.8 Å². The van der Waals surface area contributed by atoms with Crippen molar-refractivity contribution < 1.29 is 23.7 Å². The van der Waals surface area contributed by atoms with Gasteiger partial charge >= 0.3 is 0 Å². The number of benzene rings is 1. The molecule has 9 nitrogen and oxygen atoms in total. The third-order valence-electron chi connectivity index (χ3n) is 5.97. The summed E-state index contributed by atoms with van der Waals surface area (Å²) in [5.74, 6) is 2.25. The van der Waals surface area contributed by atoms with Gasteiger partial charge in [-0.25, -0.2) is 9.97 Å². The minimum atomic E-state index is -0.151. The molecule has 0 unspecified atom stereocenters. The smallest absolute Gasteiger partial charge is 0.231 e. The van der Waals surface area contributed by atoms with Gasteiger partial charge in [0.05, 0.1) is 31.0 Å². The molecule has 6 rings (SSSR count). The summed E-state index contributed by atoms with van der Waals surface area (Å²) in [7, 11) is 0. The zero-order valence-corrected chi connectivity index (χ0v) is 16.2. The molecule has 30 heavy (non-hydrogen) atoms. The van der Waals surface area contributed by atoms with Crippen LogP contribution in [0.5, 0.6) is 11.5 Å². The van der Waals surface area contributed by atoms with E-state index in [4.69, 9.17) is 18.9 Å². The predicted octanol–water partition coefficient (Wildman–Crippen LogP) is 1.35. The van der Waals surface area contributed by atoms with Gasteiger partial charge in [0.25, 0.3) is 0 Å². The molecule has 4 atom stereocenters. The second kappa shape index (κ2) is 7.10. The van der Waals surface area contributed by atoms with Gasteiger partial charge in [0, 0.05) is 17.7 Å². The molecule has 0 radical (unpaired) electrons. The molecule has 0 spiro atoms. The van der Waals surface area contributed by atoms with Crippen molar-refractivity contribution in [1.29, 1.82) is 0 Å². The molecule has 156 valence electrons. The van der Waals surface area contributed by atoms with Crippen molar-refractivity contribution in [2.24, 2.45) is 5.92 Å². The molecule has 4 aliphatic rings. The van der Waals surface area contributed by atoms with Crippen LogP contribution in [0.25, 0.3) is 11.3 Å². The van der Waals surface area contributed by atoms with Gasteiger partial charge in [-0.05, 0) is 37.1 Å². The third kappa shape index (κ3) is 3.23. The molecule has 1 aromatic carbocycles. The Labute approximate surface area is 173 Å². The number of ether oxygens (including phenoxy) is 4. The molecule has 1 amide bonds. The molecule has 3 fully saturated rings. The second-order valence-corrected chi connectivity index (χ2v) is 8.07. The van der Waals surface area contributed by atoms with Crippen LogP contribution < -0.4 is 20.1 Å². The number of carbonyl (C=O) groups excluding carboxylic acids is 1. The number of nitrogens with zero attached hydrogens (tertiary/aromatic N) is 2. The summed E-state index contributed by atoms with van der Waals surface area (Å²) in [6.07, 6.45) is 3.39. The van der Waals surface area contributed by atoms with E-state index in [9.17, 15) is 4.79 Å². The molecule has 0 bridgehead atoms. The Balaban J connectivity index is 1.14. The minimum absolute atomic E-state index is 0.0789. The summed E-state index contributed by atoms with van der Waals surface area (Å²) in [6.45, 7) is 1.18. The van der Waals surface area contributed by atoms with Gasteiger partial charge in [-0.2, -0.15) is 0 Å². The number of rotatable bonds is 5. The molecular formula is C21H22N4O5. The molecule has 2 N–H and O–H groups in total. The third-order valence-corrected chi connectivity index (χ3v) is 5.97. The van der Waals surface area contributed by atoms with Crippen LogP contribution in [0.2, 0.25) is 0 Å². The number of aromatic nitrogens is 2. The molecule has 2 aromatic rings. The van der Waals surface area contributed by atoms with E-state index in [1.807, 2.05) is 24.3 Å². The maximum absolute atomic E-state index is 12.1. The first-order chi connectivity index (χ1) is 14.7. The maximum atomic E-state index is 12.1. The Morgan fingerprint density at radius 2 is 1.80 bits per heavy atom. The minimum Gasteiger partial charge on any atom is -0.454 e. The lowest BCUT2D eigenvalue weighted by Crippen LogP contribution is -2.45. The Hall–Kier alpha value is -2.91. The van der Waals surface area contributed by atoms with Crippen LogP contribution in [-0.4, -0.2) is 60.2 Å². The highest BCUT2D eigenvalue weighted by atomic mass is 16.7. The average Bonchev–Trinajstić information content (AvgIpc) is 3.20. The zero-order chi connectivity index (χ0) is 20.1. The molecule has 1 aliphatic carbocycles. The fourth-order valence-electron chi connectivity index (χ4n) is 4.20. The van der Waals surface area contributed by atoms with Crippen molar-refractivity contribution in [2.75, 3.05) is 25.3 Å². The van der Waals surface area contributed by atoms with E-state index in [1.165, 1.54) is 0 Å². The second-order valence-electron chi connectivity index (χ2n) is 8.07. The normalized spacial score (nSPS) is 28.9. The zero-order valence-electron chi connectivity index (χ0n) is 16.2. The molecule has 4 heterocycles. The number of hydrogen-bond acceptors (Lipinski definition) is 8. The maximum Gasteiger partial charge on any atom is 0.231 e. The Morgan fingerprint density at radius 1 is 1.00 bits per heavy atom. The summed E-state index contributed by atoms with van der Waals surface area (Å²) < 4.78 is 22.7. The van der Waals surface area contributed by atoms with E-state index in [1.54, 1.807) is 6.20 Å². The summed E-state index contributed by atoms with van der Waals surface area (Å²) in [6, 6.07) is 7.41. The topological polar surface area (TPSA) is 104 Å². The molecular weight excluding hydrogens is 388 g/mol. The highest BCUT2D eigenvalue weighted by Gasteiger charge is 2.49. The standard InChI is InChI=1S/C21H22N4O5/c26-20(11-1-2-11)23-14-8-27-19-15(9-28-18(14)19)25-21-22-6-5-13(24-21)12-3-4-16-17(7-12)30-10-29-16/h3-7,11,14-15,18-19H,1-2,8-10H2,(H,23,26)(H,22,24,25)/t14-,15+,18-,19+/m0/s1. The number of carbonyl (C=O) groups is 1. The van der Waals surface area contributed by atoms with Gasteiger partial charge < -0.3 is 29.6 Å². The number of hydrogen-bond donors (Lipinski definition) is 2. The van der Waals surface area contributed by atoms with Gasteiger partial charge in [0.1, 0.15) is 12.2 Å². The largest absolute Gasteiger partial charge is 0.454 e. The summed E-state index contributed by atoms with van der Waals surface area (Å²) in [5.41, 5.74) is 1.70. The van der Waals surface area contributed by atoms with Crippen LogP contribution in [0.4, 0.5) is 5.95 Å². The summed E-state index contributed by atoms with van der Waals surface area (Å²) in [4.78, 5) is 21.1. The quantitative estimate of drug-likeness (QED) is 0.761. The van der Waals surface area contributed by atoms with Crippen LogP contribution >= 0.6 is 0 Å². The molecule has 3 aliphatic heterocycles. The lowest BCUT2D eigenvalue weighted by Gasteiger charge is -2.18. The fraction of sp³-hybridized carbons (Fsp3) is 0.476. The Morgan fingerprint density at radius 3 is 2.67 bits per heavy atom. The number of amides is 1. The van der Waals surface area contributed by atoms with Gasteiger partial charge in [0.15, 0.2) is 11.5 Å². The van der Waals surface area contributed by atoms with E-state index in [0.29, 0.717) is 24.9 Å². The number of fused-ring (bicyclic) bond motifs is 2. The number of nitrogens with one attached hydrogen (secondary N) is 2. The van der Waals surface area contributed by atoms with Crippen LogP contribution in [-0.2, 0) is 14.3 Å². The van der Waals surface area contributed by atoms with E-state index in [-0.39, 0.29) is 42.9 Å².